The van der Waals surface area contributed by atoms with Crippen molar-refractivity contribution in [3.63, 3.8) is 0 Å². The molecular weight excluding hydrogens is 386 g/mol. The molecule has 2 aromatic carbocycles. The minimum absolute atomic E-state index is 0.0278. The summed E-state index contributed by atoms with van der Waals surface area (Å²) in [7, 11) is 0. The highest BCUT2D eigenvalue weighted by Gasteiger charge is 2.30. The van der Waals surface area contributed by atoms with Crippen LogP contribution in [-0.2, 0) is 11.3 Å². The van der Waals surface area contributed by atoms with Crippen LogP contribution in [0.3, 0.4) is 0 Å². The fourth-order valence-corrected chi connectivity index (χ4v) is 4.43. The summed E-state index contributed by atoms with van der Waals surface area (Å²) in [5.41, 5.74) is 3.24. The molecule has 1 fully saturated rings. The standard InChI is InChI=1S/C23H26ClN3O2/c1-2-11-26-15-17-7-3-4-8-21(17)27(16-22(26)28)23(29)19-10-9-18(14-20(19)24)25-12-5-6-13-25/h3-4,7-10,14H,2,5-6,11-13,15-16H2,1H3. The Labute approximate surface area is 176 Å². The molecule has 5 nitrogen and oxygen atoms in total. The first-order chi connectivity index (χ1) is 14.1. The zero-order chi connectivity index (χ0) is 20.4. The topological polar surface area (TPSA) is 43.9 Å². The largest absolute Gasteiger partial charge is 0.371 e. The van der Waals surface area contributed by atoms with Crippen molar-refractivity contribution >= 4 is 34.8 Å². The van der Waals surface area contributed by atoms with Gasteiger partial charge in [-0.15, -0.1) is 0 Å². The van der Waals surface area contributed by atoms with Gasteiger partial charge in [-0.05, 0) is 49.1 Å². The molecule has 0 aromatic heterocycles. The van der Waals surface area contributed by atoms with Gasteiger partial charge in [0, 0.05) is 37.6 Å². The Morgan fingerprint density at radius 2 is 1.83 bits per heavy atom. The molecule has 2 heterocycles. The van der Waals surface area contributed by atoms with Crippen LogP contribution in [0.4, 0.5) is 11.4 Å². The molecule has 0 radical (unpaired) electrons. The van der Waals surface area contributed by atoms with E-state index in [1.165, 1.54) is 12.8 Å². The highest BCUT2D eigenvalue weighted by molar-refractivity contribution is 6.35. The molecule has 0 aliphatic carbocycles. The number of hydrogen-bond acceptors (Lipinski definition) is 3. The molecule has 6 heteroatoms. The second kappa shape index (κ2) is 8.46. The van der Waals surface area contributed by atoms with Crippen molar-refractivity contribution in [2.24, 2.45) is 0 Å². The zero-order valence-electron chi connectivity index (χ0n) is 16.7. The smallest absolute Gasteiger partial charge is 0.260 e. The Morgan fingerprint density at radius 1 is 1.07 bits per heavy atom. The first-order valence-corrected chi connectivity index (χ1v) is 10.7. The van der Waals surface area contributed by atoms with Gasteiger partial charge in [-0.1, -0.05) is 36.7 Å². The van der Waals surface area contributed by atoms with E-state index in [2.05, 4.69) is 11.8 Å². The van der Waals surface area contributed by atoms with Crippen LogP contribution in [0.2, 0.25) is 5.02 Å². The maximum atomic E-state index is 13.4. The third-order valence-corrected chi connectivity index (χ3v) is 6.00. The zero-order valence-corrected chi connectivity index (χ0v) is 17.5. The Morgan fingerprint density at radius 3 is 2.55 bits per heavy atom. The number of carbonyl (C=O) groups excluding carboxylic acids is 2. The minimum Gasteiger partial charge on any atom is -0.371 e. The molecule has 0 N–H and O–H groups in total. The highest BCUT2D eigenvalue weighted by Crippen LogP contribution is 2.31. The summed E-state index contributed by atoms with van der Waals surface area (Å²) in [5, 5.41) is 0.430. The maximum absolute atomic E-state index is 13.4. The van der Waals surface area contributed by atoms with Gasteiger partial charge in [0.2, 0.25) is 5.91 Å². The highest BCUT2D eigenvalue weighted by atomic mass is 35.5. The van der Waals surface area contributed by atoms with E-state index in [1.54, 1.807) is 11.0 Å². The predicted octanol–water partition coefficient (Wildman–Crippen LogP) is 4.34. The summed E-state index contributed by atoms with van der Waals surface area (Å²) >= 11 is 6.54. The molecule has 0 spiro atoms. The number of anilines is 2. The first kappa shape index (κ1) is 19.8. The Bertz CT molecular complexity index is 924. The van der Waals surface area contributed by atoms with Gasteiger partial charge in [0.05, 0.1) is 10.6 Å². The SMILES string of the molecule is CCCN1Cc2ccccc2N(C(=O)c2ccc(N3CCCC3)cc2Cl)CC1=O. The molecule has 0 unspecified atom stereocenters. The van der Waals surface area contributed by atoms with Crippen molar-refractivity contribution in [1.29, 1.82) is 0 Å². The molecule has 2 aromatic rings. The second-order valence-electron chi connectivity index (χ2n) is 7.69. The van der Waals surface area contributed by atoms with Crippen LogP contribution in [0.25, 0.3) is 0 Å². The second-order valence-corrected chi connectivity index (χ2v) is 8.10. The van der Waals surface area contributed by atoms with Gasteiger partial charge in [0.25, 0.3) is 5.91 Å². The summed E-state index contributed by atoms with van der Waals surface area (Å²) < 4.78 is 0. The number of nitrogens with zero attached hydrogens (tertiary/aromatic N) is 3. The van der Waals surface area contributed by atoms with E-state index in [0.29, 0.717) is 23.7 Å². The minimum atomic E-state index is -0.234. The summed E-state index contributed by atoms with van der Waals surface area (Å²) in [5.74, 6) is -0.275. The van der Waals surface area contributed by atoms with Crippen molar-refractivity contribution in [2.75, 3.05) is 36.0 Å². The van der Waals surface area contributed by atoms with Gasteiger partial charge >= 0.3 is 0 Å². The van der Waals surface area contributed by atoms with E-state index in [0.717, 1.165) is 36.4 Å². The number of para-hydroxylation sites is 1. The van der Waals surface area contributed by atoms with Crippen LogP contribution >= 0.6 is 11.6 Å². The molecule has 29 heavy (non-hydrogen) atoms. The average Bonchev–Trinajstić information content (AvgIpc) is 3.22. The van der Waals surface area contributed by atoms with Crippen LogP contribution in [-0.4, -0.2) is 42.9 Å². The van der Waals surface area contributed by atoms with E-state index in [1.807, 2.05) is 41.3 Å². The fraction of sp³-hybridized carbons (Fsp3) is 0.391. The van der Waals surface area contributed by atoms with Crippen molar-refractivity contribution in [1.82, 2.24) is 4.90 Å². The number of amides is 2. The van der Waals surface area contributed by atoms with Gasteiger partial charge in [0.15, 0.2) is 0 Å². The molecule has 4 rings (SSSR count). The van der Waals surface area contributed by atoms with Crippen molar-refractivity contribution < 1.29 is 9.59 Å². The van der Waals surface area contributed by atoms with Crippen LogP contribution < -0.4 is 9.80 Å². The van der Waals surface area contributed by atoms with Crippen LogP contribution in [0.5, 0.6) is 0 Å². The van der Waals surface area contributed by atoms with E-state index in [-0.39, 0.29) is 18.4 Å². The van der Waals surface area contributed by atoms with E-state index in [4.69, 9.17) is 11.6 Å². The number of halogens is 1. The lowest BCUT2D eigenvalue weighted by Crippen LogP contribution is -2.40. The number of carbonyl (C=O) groups is 2. The molecule has 1 saturated heterocycles. The normalized spacial score (nSPS) is 16.8. The maximum Gasteiger partial charge on any atom is 0.260 e. The Kier molecular flexibility index (Phi) is 5.76. The lowest BCUT2D eigenvalue weighted by atomic mass is 10.1. The number of hydrogen-bond donors (Lipinski definition) is 0. The summed E-state index contributed by atoms with van der Waals surface area (Å²) in [6.07, 6.45) is 3.24. The van der Waals surface area contributed by atoms with Gasteiger partial charge in [0.1, 0.15) is 6.54 Å². The summed E-state index contributed by atoms with van der Waals surface area (Å²) in [6, 6.07) is 13.3. The molecule has 0 bridgehead atoms. The van der Waals surface area contributed by atoms with Crippen molar-refractivity contribution in [2.45, 2.75) is 32.7 Å². The summed E-state index contributed by atoms with van der Waals surface area (Å²) in [4.78, 5) is 31.9. The van der Waals surface area contributed by atoms with E-state index < -0.39 is 0 Å². The summed E-state index contributed by atoms with van der Waals surface area (Å²) in [6.45, 7) is 5.32. The molecule has 2 aliphatic rings. The van der Waals surface area contributed by atoms with Crippen molar-refractivity contribution in [3.8, 4) is 0 Å². The molecule has 2 amide bonds. The molecular formula is C23H26ClN3O2. The van der Waals surface area contributed by atoms with Gasteiger partial charge < -0.3 is 9.80 Å². The lowest BCUT2D eigenvalue weighted by Gasteiger charge is -2.24. The first-order valence-electron chi connectivity index (χ1n) is 10.3. The molecule has 152 valence electrons. The van der Waals surface area contributed by atoms with Crippen LogP contribution in [0.15, 0.2) is 42.5 Å². The molecule has 0 saturated carbocycles. The van der Waals surface area contributed by atoms with Gasteiger partial charge in [-0.2, -0.15) is 0 Å². The van der Waals surface area contributed by atoms with Gasteiger partial charge in [-0.3, -0.25) is 14.5 Å². The fourth-order valence-electron chi connectivity index (χ4n) is 4.17. The van der Waals surface area contributed by atoms with Crippen LogP contribution in [0.1, 0.15) is 42.1 Å². The van der Waals surface area contributed by atoms with Gasteiger partial charge in [-0.25, -0.2) is 0 Å². The number of fused-ring (bicyclic) bond motifs is 1. The van der Waals surface area contributed by atoms with Crippen molar-refractivity contribution in [3.05, 3.63) is 58.6 Å². The third kappa shape index (κ3) is 3.97. The number of rotatable bonds is 4. The predicted molar refractivity (Wildman–Crippen MR) is 117 cm³/mol. The third-order valence-electron chi connectivity index (χ3n) is 5.68. The van der Waals surface area contributed by atoms with E-state index in [9.17, 15) is 9.59 Å². The quantitative estimate of drug-likeness (QED) is 0.751. The molecule has 0 atom stereocenters. The average molecular weight is 412 g/mol. The monoisotopic (exact) mass is 411 g/mol. The number of benzene rings is 2. The Balaban J connectivity index is 1.66. The Hall–Kier alpha value is -2.53. The van der Waals surface area contributed by atoms with Crippen LogP contribution in [0, 0.1) is 0 Å². The van der Waals surface area contributed by atoms with E-state index >= 15 is 0 Å². The molecule has 2 aliphatic heterocycles. The lowest BCUT2D eigenvalue weighted by molar-refractivity contribution is -0.130.